The standard InChI is InChI=1S/C17H17F2N3OS/c18-10-4-5-13(19)11(8-10)12-9-14(23)20-16-15(12)24-17(21-16)22-6-2-1-3-7-22/h4-5,8,12H,1-3,6-7,9H2,(H,20,23)/t12-/m1/s1. The highest BCUT2D eigenvalue weighted by atomic mass is 32.1. The molecular weight excluding hydrogens is 332 g/mol. The summed E-state index contributed by atoms with van der Waals surface area (Å²) in [4.78, 5) is 19.6. The molecule has 4 nitrogen and oxygen atoms in total. The average molecular weight is 349 g/mol. The van der Waals surface area contributed by atoms with Crippen LogP contribution < -0.4 is 10.2 Å². The number of thiazole rings is 1. The zero-order valence-corrected chi connectivity index (χ0v) is 13.8. The Morgan fingerprint density at radius 3 is 2.79 bits per heavy atom. The molecule has 1 atom stereocenters. The Balaban J connectivity index is 1.74. The van der Waals surface area contributed by atoms with Crippen molar-refractivity contribution in [2.75, 3.05) is 23.3 Å². The van der Waals surface area contributed by atoms with Crippen LogP contribution in [0.1, 0.15) is 42.0 Å². The smallest absolute Gasteiger partial charge is 0.226 e. The summed E-state index contributed by atoms with van der Waals surface area (Å²) in [6, 6.07) is 3.39. The van der Waals surface area contributed by atoms with Gasteiger partial charge in [-0.25, -0.2) is 13.8 Å². The van der Waals surface area contributed by atoms with Gasteiger partial charge in [0.05, 0.1) is 4.88 Å². The first-order valence-corrected chi connectivity index (χ1v) is 8.94. The van der Waals surface area contributed by atoms with E-state index < -0.39 is 17.6 Å². The van der Waals surface area contributed by atoms with Gasteiger partial charge in [0, 0.05) is 25.4 Å². The van der Waals surface area contributed by atoms with E-state index in [1.54, 1.807) is 0 Å². The highest BCUT2D eigenvalue weighted by Crippen LogP contribution is 2.44. The summed E-state index contributed by atoms with van der Waals surface area (Å²) in [6.45, 7) is 1.89. The number of piperidine rings is 1. The molecule has 0 aliphatic carbocycles. The minimum Gasteiger partial charge on any atom is -0.348 e. The van der Waals surface area contributed by atoms with Crippen molar-refractivity contribution in [1.29, 1.82) is 0 Å². The van der Waals surface area contributed by atoms with Gasteiger partial charge in [-0.2, -0.15) is 0 Å². The maximum absolute atomic E-state index is 14.2. The molecule has 2 aliphatic rings. The van der Waals surface area contributed by atoms with Gasteiger partial charge in [0.25, 0.3) is 0 Å². The summed E-state index contributed by atoms with van der Waals surface area (Å²) < 4.78 is 27.8. The molecule has 1 aromatic carbocycles. The molecule has 1 N–H and O–H groups in total. The van der Waals surface area contributed by atoms with E-state index in [1.165, 1.54) is 23.8 Å². The number of benzene rings is 1. The van der Waals surface area contributed by atoms with E-state index in [1.807, 2.05) is 0 Å². The quantitative estimate of drug-likeness (QED) is 0.895. The van der Waals surface area contributed by atoms with Gasteiger partial charge in [-0.05, 0) is 43.0 Å². The molecule has 1 saturated heterocycles. The van der Waals surface area contributed by atoms with Crippen molar-refractivity contribution >= 4 is 28.2 Å². The maximum Gasteiger partial charge on any atom is 0.226 e. The second kappa shape index (κ2) is 6.12. The van der Waals surface area contributed by atoms with Gasteiger partial charge in [0.15, 0.2) is 5.13 Å². The first-order chi connectivity index (χ1) is 11.6. The number of anilines is 2. The van der Waals surface area contributed by atoms with E-state index in [9.17, 15) is 13.6 Å². The van der Waals surface area contributed by atoms with Crippen molar-refractivity contribution < 1.29 is 13.6 Å². The molecule has 3 heterocycles. The molecule has 0 unspecified atom stereocenters. The van der Waals surface area contributed by atoms with Crippen LogP contribution in [0.4, 0.5) is 19.7 Å². The molecule has 1 fully saturated rings. The average Bonchev–Trinajstić information content (AvgIpc) is 3.01. The molecule has 0 spiro atoms. The fourth-order valence-electron chi connectivity index (χ4n) is 3.36. The number of carbonyl (C=O) groups is 1. The van der Waals surface area contributed by atoms with Gasteiger partial charge in [0.2, 0.25) is 5.91 Å². The lowest BCUT2D eigenvalue weighted by Gasteiger charge is -2.25. The Kier molecular flexibility index (Phi) is 3.96. The lowest BCUT2D eigenvalue weighted by molar-refractivity contribution is -0.116. The van der Waals surface area contributed by atoms with Gasteiger partial charge in [-0.3, -0.25) is 4.79 Å². The molecule has 2 aliphatic heterocycles. The van der Waals surface area contributed by atoms with Gasteiger partial charge in [0.1, 0.15) is 17.5 Å². The summed E-state index contributed by atoms with van der Waals surface area (Å²) in [5.74, 6) is -1.20. The van der Waals surface area contributed by atoms with Gasteiger partial charge < -0.3 is 10.2 Å². The molecule has 7 heteroatoms. The first-order valence-electron chi connectivity index (χ1n) is 8.12. The van der Waals surface area contributed by atoms with E-state index >= 15 is 0 Å². The van der Waals surface area contributed by atoms with E-state index in [2.05, 4.69) is 15.2 Å². The van der Waals surface area contributed by atoms with Crippen LogP contribution in [0, 0.1) is 11.6 Å². The zero-order valence-electron chi connectivity index (χ0n) is 13.0. The maximum atomic E-state index is 14.2. The summed E-state index contributed by atoms with van der Waals surface area (Å²) in [7, 11) is 0. The van der Waals surface area contributed by atoms with Crippen LogP contribution in [0.2, 0.25) is 0 Å². The number of fused-ring (bicyclic) bond motifs is 1. The summed E-state index contributed by atoms with van der Waals surface area (Å²) in [5.41, 5.74) is 0.222. The summed E-state index contributed by atoms with van der Waals surface area (Å²) >= 11 is 1.47. The number of hydrogen-bond acceptors (Lipinski definition) is 4. The molecule has 0 bridgehead atoms. The van der Waals surface area contributed by atoms with Crippen LogP contribution in [0.3, 0.4) is 0 Å². The Morgan fingerprint density at radius 1 is 1.21 bits per heavy atom. The minimum absolute atomic E-state index is 0.106. The number of nitrogens with one attached hydrogen (secondary N) is 1. The number of nitrogens with zero attached hydrogens (tertiary/aromatic N) is 2. The third kappa shape index (κ3) is 2.77. The Hall–Kier alpha value is -2.02. The lowest BCUT2D eigenvalue weighted by Crippen LogP contribution is -2.29. The van der Waals surface area contributed by atoms with Gasteiger partial charge in [-0.1, -0.05) is 11.3 Å². The number of hydrogen-bond donors (Lipinski definition) is 1. The predicted molar refractivity (Wildman–Crippen MR) is 89.6 cm³/mol. The molecule has 24 heavy (non-hydrogen) atoms. The second-order valence-electron chi connectivity index (χ2n) is 6.23. The number of rotatable bonds is 2. The highest BCUT2D eigenvalue weighted by molar-refractivity contribution is 7.16. The van der Waals surface area contributed by atoms with Gasteiger partial charge >= 0.3 is 0 Å². The van der Waals surface area contributed by atoms with E-state index in [-0.39, 0.29) is 17.9 Å². The summed E-state index contributed by atoms with van der Waals surface area (Å²) in [6.07, 6.45) is 3.57. The van der Waals surface area contributed by atoms with E-state index in [0.717, 1.165) is 48.1 Å². The highest BCUT2D eigenvalue weighted by Gasteiger charge is 2.33. The third-order valence-corrected chi connectivity index (χ3v) is 5.80. The molecule has 1 aromatic heterocycles. The molecule has 0 radical (unpaired) electrons. The number of aromatic nitrogens is 1. The fraction of sp³-hybridized carbons (Fsp3) is 0.412. The van der Waals surface area contributed by atoms with Crippen molar-refractivity contribution in [2.45, 2.75) is 31.6 Å². The number of amides is 1. The van der Waals surface area contributed by atoms with Crippen molar-refractivity contribution in [3.63, 3.8) is 0 Å². The second-order valence-corrected chi connectivity index (χ2v) is 7.24. The van der Waals surface area contributed by atoms with E-state index in [4.69, 9.17) is 0 Å². The molecular formula is C17H17F2N3OS. The van der Waals surface area contributed by atoms with Crippen LogP contribution in [0.5, 0.6) is 0 Å². The number of carbonyl (C=O) groups excluding carboxylic acids is 1. The largest absolute Gasteiger partial charge is 0.348 e. The minimum atomic E-state index is -0.500. The lowest BCUT2D eigenvalue weighted by atomic mass is 9.91. The fourth-order valence-corrected chi connectivity index (χ4v) is 4.55. The van der Waals surface area contributed by atoms with Crippen LogP contribution in [-0.4, -0.2) is 24.0 Å². The topological polar surface area (TPSA) is 45.2 Å². The van der Waals surface area contributed by atoms with Crippen LogP contribution in [0.15, 0.2) is 18.2 Å². The molecule has 126 valence electrons. The van der Waals surface area contributed by atoms with Crippen LogP contribution in [0.25, 0.3) is 0 Å². The monoisotopic (exact) mass is 349 g/mol. The SMILES string of the molecule is O=C1C[C@H](c2cc(F)ccc2F)c2sc(N3CCCCC3)nc2N1. The van der Waals surface area contributed by atoms with Crippen LogP contribution in [-0.2, 0) is 4.79 Å². The van der Waals surface area contributed by atoms with Crippen molar-refractivity contribution in [2.24, 2.45) is 0 Å². The number of halogens is 2. The van der Waals surface area contributed by atoms with E-state index in [0.29, 0.717) is 5.82 Å². The third-order valence-electron chi connectivity index (χ3n) is 4.57. The van der Waals surface area contributed by atoms with Crippen molar-refractivity contribution in [3.8, 4) is 0 Å². The van der Waals surface area contributed by atoms with Crippen molar-refractivity contribution in [3.05, 3.63) is 40.3 Å². The molecule has 0 saturated carbocycles. The van der Waals surface area contributed by atoms with Crippen molar-refractivity contribution in [1.82, 2.24) is 4.98 Å². The molecule has 1 amide bonds. The molecule has 2 aromatic rings. The van der Waals surface area contributed by atoms with Gasteiger partial charge in [-0.15, -0.1) is 0 Å². The Bertz CT molecular complexity index is 786. The predicted octanol–water partition coefficient (Wildman–Crippen LogP) is 3.89. The zero-order chi connectivity index (χ0) is 16.7. The Morgan fingerprint density at radius 2 is 2.00 bits per heavy atom. The first kappa shape index (κ1) is 15.5. The summed E-state index contributed by atoms with van der Waals surface area (Å²) in [5, 5.41) is 3.62. The Labute approximate surface area is 142 Å². The molecule has 4 rings (SSSR count). The van der Waals surface area contributed by atoms with Crippen LogP contribution >= 0.6 is 11.3 Å². The normalized spacial score (nSPS) is 20.7.